The summed E-state index contributed by atoms with van der Waals surface area (Å²) >= 11 is 0. The highest BCUT2D eigenvalue weighted by Gasteiger charge is 2.44. The van der Waals surface area contributed by atoms with Crippen LogP contribution in [0.15, 0.2) is 0 Å². The molecule has 0 saturated heterocycles. The summed E-state index contributed by atoms with van der Waals surface area (Å²) in [6.07, 6.45) is -0.266. The molecule has 0 fully saturated rings. The Labute approximate surface area is 122 Å². The molecule has 0 aromatic heterocycles. The van der Waals surface area contributed by atoms with Crippen LogP contribution in [0.25, 0.3) is 0 Å². The molecule has 0 aliphatic rings. The Balaban J connectivity index is 5.15. The zero-order valence-electron chi connectivity index (χ0n) is 14.4. The van der Waals surface area contributed by atoms with E-state index in [1.54, 1.807) is 0 Å². The number of rotatable bonds is 7. The van der Waals surface area contributed by atoms with Crippen molar-refractivity contribution in [2.45, 2.75) is 77.9 Å². The van der Waals surface area contributed by atoms with Gasteiger partial charge in [-0.05, 0) is 65.8 Å². The summed E-state index contributed by atoms with van der Waals surface area (Å²) in [7, 11) is -5.34. The third-order valence-corrected chi connectivity index (χ3v) is 4.95. The van der Waals surface area contributed by atoms with Crippen LogP contribution in [0.2, 0.25) is 58.9 Å². The molecule has 2 N–H and O–H groups in total. The quantitative estimate of drug-likeness (QED) is 0.575. The van der Waals surface area contributed by atoms with Gasteiger partial charge in [-0.15, -0.1) is 0 Å². The lowest BCUT2D eigenvalue weighted by Crippen LogP contribution is -2.64. The summed E-state index contributed by atoms with van der Waals surface area (Å²) in [4.78, 5) is 0. The molecule has 0 spiro atoms. The van der Waals surface area contributed by atoms with Crippen molar-refractivity contribution in [3.8, 4) is 0 Å². The first-order valence-electron chi connectivity index (χ1n) is 6.91. The van der Waals surface area contributed by atoms with Crippen LogP contribution in [0.4, 0.5) is 0 Å². The third kappa shape index (κ3) is 9.11. The lowest BCUT2D eigenvalue weighted by atomic mass is 10.3. The Kier molecular flexibility index (Phi) is 6.24. The van der Waals surface area contributed by atoms with Crippen molar-refractivity contribution >= 4 is 25.0 Å². The molecule has 19 heavy (non-hydrogen) atoms. The molecule has 1 unspecified atom stereocenters. The van der Waals surface area contributed by atoms with E-state index in [2.05, 4.69) is 58.9 Å². The first-order valence-corrected chi connectivity index (χ1v) is 17.1. The molecular weight excluding hydrogens is 290 g/mol. The zero-order valence-corrected chi connectivity index (χ0v) is 17.4. The van der Waals surface area contributed by atoms with Gasteiger partial charge < -0.3 is 13.3 Å². The van der Waals surface area contributed by atoms with Gasteiger partial charge in [-0.25, -0.2) is 0 Å². The largest absolute Gasteiger partial charge is 0.408 e. The molecule has 7 heteroatoms. The highest BCUT2D eigenvalue weighted by Crippen LogP contribution is 2.26. The zero-order chi connectivity index (χ0) is 15.7. The maximum absolute atomic E-state index is 6.44. The maximum Gasteiger partial charge on any atom is 0.232 e. The lowest BCUT2D eigenvalue weighted by molar-refractivity contribution is -0.182. The van der Waals surface area contributed by atoms with Crippen molar-refractivity contribution in [2.75, 3.05) is 0 Å². The Morgan fingerprint density at radius 2 is 1.05 bits per heavy atom. The first kappa shape index (κ1) is 19.5. The van der Waals surface area contributed by atoms with E-state index in [0.717, 1.165) is 0 Å². The van der Waals surface area contributed by atoms with Gasteiger partial charge in [0, 0.05) is 0 Å². The van der Waals surface area contributed by atoms with E-state index in [-0.39, 0.29) is 6.10 Å². The van der Waals surface area contributed by atoms with Crippen molar-refractivity contribution in [3.63, 3.8) is 0 Å². The predicted octanol–water partition coefficient (Wildman–Crippen LogP) is 3.54. The van der Waals surface area contributed by atoms with Crippen LogP contribution in [0.3, 0.4) is 0 Å². The standard InChI is InChI=1S/C12H33NO3Si3/c1-11(14-17(2,3)4)12(13,15-18(5,6)7)16-19(8,9)10/h11H,13H2,1-10H3. The molecule has 0 aliphatic carbocycles. The van der Waals surface area contributed by atoms with Gasteiger partial charge in [0.1, 0.15) is 6.10 Å². The molecule has 0 aliphatic heterocycles. The molecular formula is C12H33NO3Si3. The fraction of sp³-hybridized carbons (Fsp3) is 1.00. The maximum atomic E-state index is 6.44. The predicted molar refractivity (Wildman–Crippen MR) is 89.7 cm³/mol. The molecule has 0 amide bonds. The van der Waals surface area contributed by atoms with Gasteiger partial charge in [0.2, 0.25) is 5.91 Å². The van der Waals surface area contributed by atoms with Gasteiger partial charge >= 0.3 is 0 Å². The highest BCUT2D eigenvalue weighted by molar-refractivity contribution is 6.71. The summed E-state index contributed by atoms with van der Waals surface area (Å²) < 4.78 is 18.4. The van der Waals surface area contributed by atoms with Gasteiger partial charge in [0.05, 0.1) is 0 Å². The molecule has 0 heterocycles. The summed E-state index contributed by atoms with van der Waals surface area (Å²) in [6, 6.07) is 0. The van der Waals surface area contributed by atoms with E-state index in [1.807, 2.05) is 6.92 Å². The van der Waals surface area contributed by atoms with Crippen LogP contribution < -0.4 is 5.73 Å². The first-order chi connectivity index (χ1) is 8.04. The monoisotopic (exact) mass is 323 g/mol. The van der Waals surface area contributed by atoms with Gasteiger partial charge in [0.15, 0.2) is 25.0 Å². The van der Waals surface area contributed by atoms with E-state index in [9.17, 15) is 0 Å². The van der Waals surface area contributed by atoms with Gasteiger partial charge in [-0.1, -0.05) is 0 Å². The lowest BCUT2D eigenvalue weighted by Gasteiger charge is -2.44. The number of hydrogen-bond donors (Lipinski definition) is 1. The van der Waals surface area contributed by atoms with Crippen molar-refractivity contribution in [1.82, 2.24) is 0 Å². The second-order valence-electron chi connectivity index (χ2n) is 8.02. The Morgan fingerprint density at radius 3 is 1.26 bits per heavy atom. The van der Waals surface area contributed by atoms with Crippen LogP contribution in [0, 0.1) is 0 Å². The average Bonchev–Trinajstić information content (AvgIpc) is 1.91. The molecule has 0 radical (unpaired) electrons. The van der Waals surface area contributed by atoms with E-state index >= 15 is 0 Å². The number of nitrogens with two attached hydrogens (primary N) is 1. The molecule has 116 valence electrons. The molecule has 0 bridgehead atoms. The van der Waals surface area contributed by atoms with E-state index in [1.165, 1.54) is 0 Å². The van der Waals surface area contributed by atoms with Crippen LogP contribution in [-0.2, 0) is 13.3 Å². The molecule has 4 nitrogen and oxygen atoms in total. The minimum absolute atomic E-state index is 0.266. The third-order valence-electron chi connectivity index (χ3n) is 2.03. The van der Waals surface area contributed by atoms with Gasteiger partial charge in [-0.3, -0.25) is 5.73 Å². The number of hydrogen-bond acceptors (Lipinski definition) is 4. The normalized spacial score (nSPS) is 16.6. The molecule has 0 saturated carbocycles. The van der Waals surface area contributed by atoms with Crippen molar-refractivity contribution in [3.05, 3.63) is 0 Å². The second kappa shape index (κ2) is 6.08. The highest BCUT2D eigenvalue weighted by atomic mass is 28.4. The molecule has 0 aromatic rings. The van der Waals surface area contributed by atoms with Crippen molar-refractivity contribution < 1.29 is 13.3 Å². The van der Waals surface area contributed by atoms with Gasteiger partial charge in [-0.2, -0.15) is 0 Å². The fourth-order valence-electron chi connectivity index (χ4n) is 1.76. The second-order valence-corrected chi connectivity index (χ2v) is 21.3. The minimum atomic E-state index is -1.82. The summed E-state index contributed by atoms with van der Waals surface area (Å²) in [6.45, 7) is 21.1. The fourth-order valence-corrected chi connectivity index (χ4v) is 5.39. The summed E-state index contributed by atoms with van der Waals surface area (Å²) in [5.41, 5.74) is 6.44. The van der Waals surface area contributed by atoms with Crippen LogP contribution in [-0.4, -0.2) is 37.0 Å². The summed E-state index contributed by atoms with van der Waals surface area (Å²) in [5, 5.41) is 0. The smallest absolute Gasteiger partial charge is 0.232 e. The molecule has 0 rings (SSSR count). The SMILES string of the molecule is CC(O[Si](C)(C)C)C(N)(O[Si](C)(C)C)O[Si](C)(C)C. The molecule has 0 aromatic carbocycles. The Morgan fingerprint density at radius 1 is 0.737 bits per heavy atom. The minimum Gasteiger partial charge on any atom is -0.408 e. The Bertz CT molecular complexity index is 276. The van der Waals surface area contributed by atoms with E-state index in [4.69, 9.17) is 19.0 Å². The molecule has 1 atom stereocenters. The van der Waals surface area contributed by atoms with Crippen LogP contribution in [0.1, 0.15) is 6.92 Å². The Hall–Kier alpha value is 0.491. The van der Waals surface area contributed by atoms with Crippen molar-refractivity contribution in [1.29, 1.82) is 0 Å². The van der Waals surface area contributed by atoms with Crippen molar-refractivity contribution in [2.24, 2.45) is 5.73 Å². The van der Waals surface area contributed by atoms with Crippen LogP contribution in [0.5, 0.6) is 0 Å². The average molecular weight is 324 g/mol. The van der Waals surface area contributed by atoms with Gasteiger partial charge in [0.25, 0.3) is 0 Å². The topological polar surface area (TPSA) is 53.7 Å². The van der Waals surface area contributed by atoms with E-state index in [0.29, 0.717) is 0 Å². The van der Waals surface area contributed by atoms with Crippen LogP contribution >= 0.6 is 0 Å². The van der Waals surface area contributed by atoms with E-state index < -0.39 is 30.9 Å². The summed E-state index contributed by atoms with van der Waals surface area (Å²) in [5.74, 6) is -1.13.